The van der Waals surface area contributed by atoms with Crippen LogP contribution in [0.4, 0.5) is 5.69 Å². The van der Waals surface area contributed by atoms with Crippen LogP contribution in [-0.4, -0.2) is 94.6 Å². The van der Waals surface area contributed by atoms with Gasteiger partial charge in [-0.15, -0.1) is 0 Å². The monoisotopic (exact) mass is 953 g/mol. The molecule has 0 bridgehead atoms. The molecule has 0 aliphatic heterocycles. The number of thioether (sulfide) groups is 1. The first kappa shape index (κ1) is 57.5. The summed E-state index contributed by atoms with van der Waals surface area (Å²) in [5, 5.41) is 23.1. The summed E-state index contributed by atoms with van der Waals surface area (Å²) < 4.78 is 0. The Kier molecular flexibility index (Phi) is 28.2. The van der Waals surface area contributed by atoms with Crippen molar-refractivity contribution in [3.8, 4) is 0 Å². The van der Waals surface area contributed by atoms with E-state index in [2.05, 4.69) is 26.6 Å². The van der Waals surface area contributed by atoms with Gasteiger partial charge in [0.25, 0.3) is 0 Å². The number of hydrogen-bond acceptors (Lipinski definition) is 10. The second kappa shape index (κ2) is 32.9. The molecule has 0 fully saturated rings. The van der Waals surface area contributed by atoms with Gasteiger partial charge in [-0.25, -0.2) is 4.79 Å². The maximum absolute atomic E-state index is 13.6. The van der Waals surface area contributed by atoms with Gasteiger partial charge in [-0.2, -0.15) is 11.8 Å². The molecule has 0 radical (unpaired) electrons. The van der Waals surface area contributed by atoms with Gasteiger partial charge in [-0.3, -0.25) is 33.6 Å². The van der Waals surface area contributed by atoms with Gasteiger partial charge in [0.1, 0.15) is 30.2 Å². The molecule has 7 amide bonds. The highest BCUT2D eigenvalue weighted by Gasteiger charge is 2.32. The second-order valence-electron chi connectivity index (χ2n) is 17.3. The Balaban J connectivity index is 1.65. The van der Waals surface area contributed by atoms with Crippen LogP contribution < -0.4 is 43.8 Å². The summed E-state index contributed by atoms with van der Waals surface area (Å²) in [4.78, 5) is 101. The average Bonchev–Trinajstić information content (AvgIpc) is 3.29. The zero-order valence-electron chi connectivity index (χ0n) is 39.7. The number of primary amides is 2. The highest BCUT2D eigenvalue weighted by Crippen LogP contribution is 2.15. The number of carbonyl (C=O) groups is 8. The van der Waals surface area contributed by atoms with E-state index in [0.717, 1.165) is 69.8 Å². The number of anilines is 1. The first-order valence-electron chi connectivity index (χ1n) is 23.7. The van der Waals surface area contributed by atoms with Crippen LogP contribution in [0.15, 0.2) is 54.6 Å². The molecular formula is C49H76N8O9S. The number of carbonyl (C=O) groups excluding carboxylic acids is 7. The van der Waals surface area contributed by atoms with Crippen molar-refractivity contribution in [1.82, 2.24) is 26.6 Å². The second-order valence-corrected chi connectivity index (χ2v) is 18.3. The van der Waals surface area contributed by atoms with E-state index < -0.39 is 78.0 Å². The maximum Gasteiger partial charge on any atom is 0.326 e. The molecule has 18 heteroatoms. The zero-order chi connectivity index (χ0) is 49.6. The minimum absolute atomic E-state index is 0.0387. The van der Waals surface area contributed by atoms with Crippen LogP contribution in [0.25, 0.3) is 0 Å². The molecule has 0 heterocycles. The molecule has 6 atom stereocenters. The molecule has 0 saturated heterocycles. The number of unbranched alkanes of at least 4 members (excludes halogenated alkanes) is 11. The molecule has 372 valence electrons. The highest BCUT2D eigenvalue weighted by molar-refractivity contribution is 7.98. The van der Waals surface area contributed by atoms with Gasteiger partial charge in [0.05, 0.1) is 6.42 Å². The van der Waals surface area contributed by atoms with E-state index in [4.69, 9.17) is 17.2 Å². The van der Waals surface area contributed by atoms with E-state index in [0.29, 0.717) is 42.7 Å². The van der Waals surface area contributed by atoms with Crippen LogP contribution in [-0.2, 0) is 51.2 Å². The van der Waals surface area contributed by atoms with Crippen LogP contribution in [0.2, 0.25) is 0 Å². The number of nitrogen functional groups attached to an aromatic ring is 1. The van der Waals surface area contributed by atoms with Crippen molar-refractivity contribution >= 4 is 64.8 Å². The summed E-state index contributed by atoms with van der Waals surface area (Å²) in [6.07, 6.45) is 14.5. The molecule has 17 nitrogen and oxygen atoms in total. The number of amides is 7. The van der Waals surface area contributed by atoms with Gasteiger partial charge >= 0.3 is 5.97 Å². The number of benzene rings is 2. The molecule has 0 spiro atoms. The molecule has 2 aromatic carbocycles. The number of aliphatic carboxylic acids is 1. The fourth-order valence-electron chi connectivity index (χ4n) is 7.44. The highest BCUT2D eigenvalue weighted by atomic mass is 32.2. The maximum atomic E-state index is 13.6. The summed E-state index contributed by atoms with van der Waals surface area (Å²) in [6.45, 7) is 3.74. The predicted octanol–water partition coefficient (Wildman–Crippen LogP) is 4.18. The Morgan fingerprint density at radius 3 is 1.52 bits per heavy atom. The van der Waals surface area contributed by atoms with E-state index in [1.807, 2.05) is 20.1 Å². The molecule has 0 aromatic heterocycles. The normalized spacial score (nSPS) is 13.7. The number of rotatable bonds is 36. The van der Waals surface area contributed by atoms with Crippen LogP contribution in [0.3, 0.4) is 0 Å². The zero-order valence-corrected chi connectivity index (χ0v) is 40.5. The number of carboxylic acids is 1. The summed E-state index contributed by atoms with van der Waals surface area (Å²) in [7, 11) is 0. The number of hydrogen-bond donors (Lipinski definition) is 9. The van der Waals surface area contributed by atoms with Crippen molar-refractivity contribution in [2.45, 2.75) is 166 Å². The standard InChI is InChI=1S/C49H76N8O9S/c1-4-33(2)44(48(64)55-38(45(52)61)30-35-24-26-36(50)27-25-35)57-46(62)37(28-29-67-3)53-42(59)22-18-13-11-9-7-5-6-8-10-12-14-19-23-43(60)54-39(32-41(51)58)47(63)56-40(49(65)66)31-34-20-16-15-17-21-34/h15-17,20-21,24-27,33,37-40,44H,4-14,18-19,22-23,28-32,50H2,1-3H3,(H2,51,58)(H2,52,61)(H,53,59)(H,54,60)(H,55,64)(H,56,63)(H,57,62)(H,65,66)/t33?,37-,38-,39-,40-,44-/m0/s1. The first-order valence-corrected chi connectivity index (χ1v) is 25.1. The van der Waals surface area contributed by atoms with Gasteiger partial charge in [-0.05, 0) is 60.4 Å². The van der Waals surface area contributed by atoms with E-state index in [-0.39, 0.29) is 37.5 Å². The topological polar surface area (TPSA) is 295 Å². The Labute approximate surface area is 400 Å². The summed E-state index contributed by atoms with van der Waals surface area (Å²) in [6, 6.07) is 10.4. The Bertz CT molecular complexity index is 1850. The molecule has 67 heavy (non-hydrogen) atoms. The van der Waals surface area contributed by atoms with E-state index >= 15 is 0 Å². The van der Waals surface area contributed by atoms with Gasteiger partial charge in [0, 0.05) is 31.4 Å². The molecule has 0 aliphatic rings. The fraction of sp³-hybridized carbons (Fsp3) is 0.592. The van der Waals surface area contributed by atoms with Crippen LogP contribution in [0.1, 0.15) is 134 Å². The number of carboxylic acid groups (broad SMARTS) is 1. The lowest BCUT2D eigenvalue weighted by Crippen LogP contribution is -2.58. The van der Waals surface area contributed by atoms with Crippen molar-refractivity contribution in [3.63, 3.8) is 0 Å². The SMILES string of the molecule is CCC(C)[C@H](NC(=O)[C@H](CCSC)NC(=O)CCCCCCCCCCCCCCC(=O)N[C@@H](CC(N)=O)C(=O)N[C@@H](Cc1ccccc1)C(=O)O)C(=O)N[C@@H](Cc1ccc(N)cc1)C(N)=O. The third-order valence-corrected chi connectivity index (χ3v) is 12.3. The van der Waals surface area contributed by atoms with Crippen molar-refractivity contribution in [2.75, 3.05) is 17.7 Å². The van der Waals surface area contributed by atoms with Crippen LogP contribution in [0.5, 0.6) is 0 Å². The summed E-state index contributed by atoms with van der Waals surface area (Å²) in [5.41, 5.74) is 18.8. The number of nitrogens with two attached hydrogens (primary N) is 3. The largest absolute Gasteiger partial charge is 0.480 e. The van der Waals surface area contributed by atoms with E-state index in [1.54, 1.807) is 66.4 Å². The molecule has 0 aliphatic carbocycles. The number of nitrogens with one attached hydrogen (secondary N) is 5. The summed E-state index contributed by atoms with van der Waals surface area (Å²) >= 11 is 1.55. The lowest BCUT2D eigenvalue weighted by atomic mass is 9.96. The molecule has 0 saturated carbocycles. The van der Waals surface area contributed by atoms with Gasteiger partial charge in [0.2, 0.25) is 41.4 Å². The van der Waals surface area contributed by atoms with Crippen molar-refractivity contribution in [3.05, 3.63) is 65.7 Å². The quantitative estimate of drug-likeness (QED) is 0.0345. The Morgan fingerprint density at radius 2 is 1.04 bits per heavy atom. The lowest BCUT2D eigenvalue weighted by molar-refractivity contribution is -0.142. The third kappa shape index (κ3) is 24.6. The van der Waals surface area contributed by atoms with Crippen LogP contribution in [0, 0.1) is 5.92 Å². The van der Waals surface area contributed by atoms with Gasteiger partial charge in [-0.1, -0.05) is 127 Å². The smallest absolute Gasteiger partial charge is 0.326 e. The van der Waals surface area contributed by atoms with Crippen molar-refractivity contribution in [1.29, 1.82) is 0 Å². The molecular weight excluding hydrogens is 877 g/mol. The van der Waals surface area contributed by atoms with Crippen molar-refractivity contribution in [2.24, 2.45) is 17.4 Å². The van der Waals surface area contributed by atoms with E-state index in [1.165, 1.54) is 0 Å². The minimum atomic E-state index is -1.27. The average molecular weight is 953 g/mol. The predicted molar refractivity (Wildman–Crippen MR) is 262 cm³/mol. The lowest BCUT2D eigenvalue weighted by Gasteiger charge is -2.28. The van der Waals surface area contributed by atoms with Crippen molar-refractivity contribution < 1.29 is 43.5 Å². The van der Waals surface area contributed by atoms with E-state index in [9.17, 15) is 43.5 Å². The molecule has 2 aromatic rings. The summed E-state index contributed by atoms with van der Waals surface area (Å²) in [5.74, 6) is -4.76. The fourth-order valence-corrected chi connectivity index (χ4v) is 7.91. The third-order valence-electron chi connectivity index (χ3n) is 11.6. The Morgan fingerprint density at radius 1 is 0.582 bits per heavy atom. The van der Waals surface area contributed by atoms with Gasteiger partial charge < -0.3 is 48.9 Å². The molecule has 12 N–H and O–H groups in total. The molecule has 1 unspecified atom stereocenters. The van der Waals surface area contributed by atoms with Crippen LogP contribution >= 0.6 is 11.8 Å². The van der Waals surface area contributed by atoms with Gasteiger partial charge in [0.15, 0.2) is 0 Å². The molecule has 2 rings (SSSR count). The Hall–Kier alpha value is -5.65. The minimum Gasteiger partial charge on any atom is -0.480 e. The first-order chi connectivity index (χ1) is 32.0.